The van der Waals surface area contributed by atoms with E-state index in [0.717, 1.165) is 35.3 Å². The first-order valence-corrected chi connectivity index (χ1v) is 10.8. The summed E-state index contributed by atoms with van der Waals surface area (Å²) in [6, 6.07) is 17.6. The van der Waals surface area contributed by atoms with Gasteiger partial charge in [-0.1, -0.05) is 41.9 Å². The number of nitrogens with one attached hydrogen (secondary N) is 1. The molecule has 4 nitrogen and oxygen atoms in total. The summed E-state index contributed by atoms with van der Waals surface area (Å²) in [5, 5.41) is 23.7. The molecule has 0 fully saturated rings. The van der Waals surface area contributed by atoms with Crippen LogP contribution in [0.3, 0.4) is 0 Å². The van der Waals surface area contributed by atoms with Gasteiger partial charge in [-0.3, -0.25) is 0 Å². The SMILES string of the molecule is Cl.O=C(O)c1ccc(-c2ccc3c(c2)C[C@@H](NC[C@@H](O)c2cccc(Cl)c2)CC3)s1. The largest absolute Gasteiger partial charge is 0.477 e. The van der Waals surface area contributed by atoms with E-state index in [1.54, 1.807) is 18.2 Å². The van der Waals surface area contributed by atoms with Crippen molar-refractivity contribution in [2.75, 3.05) is 6.54 Å². The quantitative estimate of drug-likeness (QED) is 0.459. The molecule has 2 atom stereocenters. The van der Waals surface area contributed by atoms with Gasteiger partial charge in [-0.2, -0.15) is 0 Å². The van der Waals surface area contributed by atoms with Crippen LogP contribution < -0.4 is 5.32 Å². The predicted octanol–water partition coefficient (Wildman–Crippen LogP) is 5.37. The van der Waals surface area contributed by atoms with E-state index < -0.39 is 12.1 Å². The number of aliphatic hydroxyl groups is 1. The lowest BCUT2D eigenvalue weighted by Crippen LogP contribution is -2.37. The molecule has 0 unspecified atom stereocenters. The lowest BCUT2D eigenvalue weighted by Gasteiger charge is -2.27. The molecule has 0 saturated carbocycles. The van der Waals surface area contributed by atoms with E-state index in [0.29, 0.717) is 22.5 Å². The van der Waals surface area contributed by atoms with Gasteiger partial charge in [0, 0.05) is 22.5 Å². The molecule has 4 rings (SSSR count). The van der Waals surface area contributed by atoms with E-state index in [-0.39, 0.29) is 12.4 Å². The second kappa shape index (κ2) is 9.94. The van der Waals surface area contributed by atoms with Gasteiger partial charge in [0.25, 0.3) is 0 Å². The Morgan fingerprint density at radius 3 is 2.73 bits per heavy atom. The van der Waals surface area contributed by atoms with Gasteiger partial charge in [0.05, 0.1) is 6.10 Å². The number of carboxylic acid groups (broad SMARTS) is 1. The second-order valence-corrected chi connectivity index (χ2v) is 8.89. The summed E-state index contributed by atoms with van der Waals surface area (Å²) >= 11 is 7.31. The number of aliphatic hydroxyl groups excluding tert-OH is 1. The van der Waals surface area contributed by atoms with Gasteiger partial charge in [0.1, 0.15) is 4.88 Å². The van der Waals surface area contributed by atoms with Crippen LogP contribution in [0.5, 0.6) is 0 Å². The molecule has 0 spiro atoms. The number of halogens is 2. The Morgan fingerprint density at radius 2 is 2.00 bits per heavy atom. The highest BCUT2D eigenvalue weighted by Gasteiger charge is 2.20. The van der Waals surface area contributed by atoms with Crippen LogP contribution in [-0.4, -0.2) is 28.8 Å². The Labute approximate surface area is 190 Å². The first kappa shape index (κ1) is 22.8. The molecule has 1 heterocycles. The maximum atomic E-state index is 11.1. The van der Waals surface area contributed by atoms with Crippen LogP contribution >= 0.6 is 35.3 Å². The van der Waals surface area contributed by atoms with Gasteiger partial charge in [-0.05, 0) is 65.8 Å². The fourth-order valence-corrected chi connectivity index (χ4v) is 4.84. The normalized spacial score (nSPS) is 16.4. The number of hydrogen-bond donors (Lipinski definition) is 3. The lowest BCUT2D eigenvalue weighted by molar-refractivity contribution is 0.0702. The van der Waals surface area contributed by atoms with Crippen molar-refractivity contribution >= 4 is 41.3 Å². The van der Waals surface area contributed by atoms with Gasteiger partial charge in [-0.25, -0.2) is 4.79 Å². The van der Waals surface area contributed by atoms with Crippen LogP contribution in [0.25, 0.3) is 10.4 Å². The number of hydrogen-bond acceptors (Lipinski definition) is 4. The molecule has 3 N–H and O–H groups in total. The molecular formula is C23H23Cl2NO3S. The maximum Gasteiger partial charge on any atom is 0.345 e. The van der Waals surface area contributed by atoms with E-state index >= 15 is 0 Å². The van der Waals surface area contributed by atoms with E-state index in [1.807, 2.05) is 18.2 Å². The zero-order chi connectivity index (χ0) is 20.4. The number of aryl methyl sites for hydroxylation is 1. The molecule has 0 radical (unpaired) electrons. The Balaban J connectivity index is 0.00000256. The Bertz CT molecular complexity index is 1040. The van der Waals surface area contributed by atoms with Crippen LogP contribution in [0, 0.1) is 0 Å². The minimum absolute atomic E-state index is 0. The summed E-state index contributed by atoms with van der Waals surface area (Å²) < 4.78 is 0. The minimum Gasteiger partial charge on any atom is -0.477 e. The Hall–Kier alpha value is -1.89. The van der Waals surface area contributed by atoms with Crippen molar-refractivity contribution in [2.45, 2.75) is 31.4 Å². The third-order valence-corrected chi connectivity index (χ3v) is 6.73. The summed E-state index contributed by atoms with van der Waals surface area (Å²) in [4.78, 5) is 12.5. The highest BCUT2D eigenvalue weighted by atomic mass is 35.5. The molecule has 0 saturated heterocycles. The van der Waals surface area contributed by atoms with Gasteiger partial charge < -0.3 is 15.5 Å². The number of thiophene rings is 1. The van der Waals surface area contributed by atoms with Crippen molar-refractivity contribution < 1.29 is 15.0 Å². The van der Waals surface area contributed by atoms with Gasteiger partial charge in [0.15, 0.2) is 0 Å². The van der Waals surface area contributed by atoms with Crippen LogP contribution in [0.15, 0.2) is 54.6 Å². The van der Waals surface area contributed by atoms with Crippen LogP contribution in [0.2, 0.25) is 5.02 Å². The van der Waals surface area contributed by atoms with Gasteiger partial charge in [-0.15, -0.1) is 23.7 Å². The molecule has 158 valence electrons. The number of rotatable bonds is 6. The molecule has 0 amide bonds. The van der Waals surface area contributed by atoms with Crippen LogP contribution in [-0.2, 0) is 12.8 Å². The Morgan fingerprint density at radius 1 is 1.17 bits per heavy atom. The van der Waals surface area contributed by atoms with Crippen LogP contribution in [0.4, 0.5) is 0 Å². The predicted molar refractivity (Wildman–Crippen MR) is 124 cm³/mol. The monoisotopic (exact) mass is 463 g/mol. The van der Waals surface area contributed by atoms with E-state index in [2.05, 4.69) is 23.5 Å². The van der Waals surface area contributed by atoms with Gasteiger partial charge >= 0.3 is 5.97 Å². The molecule has 7 heteroatoms. The number of fused-ring (bicyclic) bond motifs is 1. The fourth-order valence-electron chi connectivity index (χ4n) is 3.80. The standard InChI is InChI=1S/C23H22ClNO3S.ClH/c24-18-3-1-2-15(11-18)20(26)13-25-19-7-6-14-4-5-16(10-17(14)12-19)21-8-9-22(29-21)23(27)28;/h1-5,8-11,19-20,25-26H,6-7,12-13H2,(H,27,28);1H/t19-,20+;/m0./s1. The molecule has 1 aromatic heterocycles. The van der Waals surface area contributed by atoms with Crippen molar-refractivity contribution in [3.05, 3.63) is 81.2 Å². The van der Waals surface area contributed by atoms with E-state index in [4.69, 9.17) is 16.7 Å². The summed E-state index contributed by atoms with van der Waals surface area (Å²) in [5.74, 6) is -0.887. The van der Waals surface area contributed by atoms with E-state index in [9.17, 15) is 9.90 Å². The fraction of sp³-hybridized carbons (Fsp3) is 0.261. The first-order valence-electron chi connectivity index (χ1n) is 9.62. The maximum absolute atomic E-state index is 11.1. The molecule has 1 aliphatic carbocycles. The first-order chi connectivity index (χ1) is 14.0. The molecule has 0 aliphatic heterocycles. The minimum atomic E-state index is -0.887. The molecule has 3 aromatic rings. The molecular weight excluding hydrogens is 441 g/mol. The summed E-state index contributed by atoms with van der Waals surface area (Å²) in [6.45, 7) is 0.479. The average molecular weight is 464 g/mol. The molecule has 30 heavy (non-hydrogen) atoms. The van der Waals surface area contributed by atoms with Crippen molar-refractivity contribution in [2.24, 2.45) is 0 Å². The van der Waals surface area contributed by atoms with Crippen molar-refractivity contribution in [1.82, 2.24) is 5.32 Å². The summed E-state index contributed by atoms with van der Waals surface area (Å²) in [5.41, 5.74) is 4.50. The van der Waals surface area contributed by atoms with Crippen molar-refractivity contribution in [3.8, 4) is 10.4 Å². The summed E-state index contributed by atoms with van der Waals surface area (Å²) in [7, 11) is 0. The summed E-state index contributed by atoms with van der Waals surface area (Å²) in [6.07, 6.45) is 2.31. The molecule has 2 aromatic carbocycles. The molecule has 0 bridgehead atoms. The van der Waals surface area contributed by atoms with E-state index in [1.165, 1.54) is 22.5 Å². The third-order valence-electron chi connectivity index (χ3n) is 5.37. The highest BCUT2D eigenvalue weighted by molar-refractivity contribution is 7.17. The number of aromatic carboxylic acids is 1. The topological polar surface area (TPSA) is 69.6 Å². The number of benzene rings is 2. The third kappa shape index (κ3) is 5.23. The zero-order valence-corrected chi connectivity index (χ0v) is 18.6. The van der Waals surface area contributed by atoms with Crippen molar-refractivity contribution in [1.29, 1.82) is 0 Å². The molecule has 1 aliphatic rings. The number of carbonyl (C=O) groups is 1. The second-order valence-electron chi connectivity index (χ2n) is 7.37. The number of carboxylic acids is 1. The highest BCUT2D eigenvalue weighted by Crippen LogP contribution is 2.32. The lowest BCUT2D eigenvalue weighted by atomic mass is 9.87. The average Bonchev–Trinajstić information content (AvgIpc) is 3.22. The smallest absolute Gasteiger partial charge is 0.345 e. The van der Waals surface area contributed by atoms with Crippen LogP contribution in [0.1, 0.15) is 38.9 Å². The zero-order valence-electron chi connectivity index (χ0n) is 16.2. The van der Waals surface area contributed by atoms with Crippen molar-refractivity contribution in [3.63, 3.8) is 0 Å². The van der Waals surface area contributed by atoms with Gasteiger partial charge in [0.2, 0.25) is 0 Å². The Kier molecular flexibility index (Phi) is 7.55.